The van der Waals surface area contributed by atoms with Gasteiger partial charge in [0.05, 0.1) is 0 Å². The average molecular weight is 174 g/mol. The van der Waals surface area contributed by atoms with Crippen LogP contribution in [-0.4, -0.2) is 15.2 Å². The summed E-state index contributed by atoms with van der Waals surface area (Å²) in [6.45, 7) is 8.22. The first-order valence-corrected chi connectivity index (χ1v) is 5.46. The van der Waals surface area contributed by atoms with Gasteiger partial charge in [0, 0.05) is 21.8 Å². The Morgan fingerprint density at radius 1 is 1.36 bits per heavy atom. The van der Waals surface area contributed by atoms with Gasteiger partial charge in [-0.05, 0) is 12.8 Å². The van der Waals surface area contributed by atoms with Gasteiger partial charge in [-0.3, -0.25) is 4.21 Å². The van der Waals surface area contributed by atoms with Gasteiger partial charge in [0.25, 0.3) is 0 Å². The van der Waals surface area contributed by atoms with Crippen LogP contribution in [0.3, 0.4) is 0 Å². The van der Waals surface area contributed by atoms with Crippen molar-refractivity contribution >= 4 is 10.8 Å². The van der Waals surface area contributed by atoms with Crippen molar-refractivity contribution in [3.8, 4) is 0 Å². The molecule has 0 rings (SSSR count). The fraction of sp³-hybridized carbons (Fsp3) is 0.778. The molecule has 2 atom stereocenters. The highest BCUT2D eigenvalue weighted by Crippen LogP contribution is 2.08. The number of hydrogen-bond acceptors (Lipinski definition) is 1. The molecule has 66 valence electrons. The molecule has 0 aliphatic rings. The number of hydrogen-bond donors (Lipinski definition) is 0. The second-order valence-corrected chi connectivity index (χ2v) is 4.90. The number of allylic oxidation sites excluding steroid dienone is 1. The molecule has 0 bridgehead atoms. The van der Waals surface area contributed by atoms with E-state index in [1.807, 2.05) is 26.0 Å². The Morgan fingerprint density at radius 3 is 2.27 bits per heavy atom. The van der Waals surface area contributed by atoms with Gasteiger partial charge in [-0.1, -0.05) is 32.9 Å². The van der Waals surface area contributed by atoms with Gasteiger partial charge in [-0.25, -0.2) is 0 Å². The molecule has 1 nitrogen and oxygen atoms in total. The van der Waals surface area contributed by atoms with E-state index in [-0.39, 0.29) is 0 Å². The van der Waals surface area contributed by atoms with Crippen LogP contribution in [-0.2, 0) is 10.8 Å². The van der Waals surface area contributed by atoms with Gasteiger partial charge >= 0.3 is 0 Å². The molecule has 0 saturated heterocycles. The van der Waals surface area contributed by atoms with Crippen molar-refractivity contribution in [3.63, 3.8) is 0 Å². The summed E-state index contributed by atoms with van der Waals surface area (Å²) in [7, 11) is -0.682. The summed E-state index contributed by atoms with van der Waals surface area (Å²) in [4.78, 5) is 0. The summed E-state index contributed by atoms with van der Waals surface area (Å²) >= 11 is 0. The lowest BCUT2D eigenvalue weighted by Gasteiger charge is -2.13. The molecule has 0 aliphatic carbocycles. The maximum atomic E-state index is 11.4. The van der Waals surface area contributed by atoms with Crippen molar-refractivity contribution < 1.29 is 4.21 Å². The van der Waals surface area contributed by atoms with E-state index >= 15 is 0 Å². The minimum atomic E-state index is -0.682. The van der Waals surface area contributed by atoms with Crippen LogP contribution in [0.1, 0.15) is 27.7 Å². The average Bonchev–Trinajstić information content (AvgIpc) is 1.98. The van der Waals surface area contributed by atoms with Crippen LogP contribution in [0.15, 0.2) is 12.2 Å². The minimum absolute atomic E-state index is 0.311. The predicted molar refractivity (Wildman–Crippen MR) is 52.1 cm³/mol. The zero-order chi connectivity index (χ0) is 8.85. The summed E-state index contributed by atoms with van der Waals surface area (Å²) in [5.74, 6) is 1.22. The van der Waals surface area contributed by atoms with Crippen LogP contribution in [0.25, 0.3) is 0 Å². The maximum Gasteiger partial charge on any atom is 0.0418 e. The Hall–Kier alpha value is -0.110. The highest BCUT2D eigenvalue weighted by molar-refractivity contribution is 7.85. The Morgan fingerprint density at radius 2 is 1.91 bits per heavy atom. The molecule has 0 aromatic carbocycles. The SMILES string of the molecule is C/C=C/CS(=O)C(C)C(C)C. The zero-order valence-electron chi connectivity index (χ0n) is 7.83. The van der Waals surface area contributed by atoms with E-state index in [2.05, 4.69) is 13.8 Å². The first-order chi connectivity index (χ1) is 5.09. The standard InChI is InChI=1S/C9H18OS/c1-5-6-7-11(10)9(4)8(2)3/h5-6,8-9H,7H2,1-4H3/b6-5+. The van der Waals surface area contributed by atoms with E-state index in [0.717, 1.165) is 0 Å². The quantitative estimate of drug-likeness (QED) is 0.598. The first-order valence-electron chi connectivity index (χ1n) is 4.08. The van der Waals surface area contributed by atoms with E-state index in [4.69, 9.17) is 0 Å². The van der Waals surface area contributed by atoms with Crippen molar-refractivity contribution in [3.05, 3.63) is 12.2 Å². The fourth-order valence-electron chi connectivity index (χ4n) is 0.646. The van der Waals surface area contributed by atoms with Crippen molar-refractivity contribution in [2.24, 2.45) is 5.92 Å². The second-order valence-electron chi connectivity index (χ2n) is 3.07. The summed E-state index contributed by atoms with van der Waals surface area (Å²) in [6, 6.07) is 0. The molecule has 0 fully saturated rings. The van der Waals surface area contributed by atoms with Gasteiger partial charge < -0.3 is 0 Å². The molecule has 2 heteroatoms. The van der Waals surface area contributed by atoms with E-state index in [1.54, 1.807) is 0 Å². The van der Waals surface area contributed by atoms with Gasteiger partial charge in [-0.2, -0.15) is 0 Å². The van der Waals surface area contributed by atoms with Crippen molar-refractivity contribution in [1.82, 2.24) is 0 Å². The molecule has 0 heterocycles. The topological polar surface area (TPSA) is 17.1 Å². The fourth-order valence-corrected chi connectivity index (χ4v) is 1.94. The van der Waals surface area contributed by atoms with E-state index in [1.165, 1.54) is 0 Å². The molecular weight excluding hydrogens is 156 g/mol. The molecule has 0 radical (unpaired) electrons. The third kappa shape index (κ3) is 4.35. The molecule has 0 amide bonds. The Bertz CT molecular complexity index is 150. The first kappa shape index (κ1) is 10.9. The lowest BCUT2D eigenvalue weighted by molar-refractivity contribution is 0.607. The molecule has 11 heavy (non-hydrogen) atoms. The molecular formula is C9H18OS. The van der Waals surface area contributed by atoms with Crippen LogP contribution in [0.2, 0.25) is 0 Å². The van der Waals surface area contributed by atoms with Crippen molar-refractivity contribution in [1.29, 1.82) is 0 Å². The van der Waals surface area contributed by atoms with Crippen LogP contribution in [0, 0.1) is 5.92 Å². The Balaban J connectivity index is 3.83. The van der Waals surface area contributed by atoms with Crippen LogP contribution >= 0.6 is 0 Å². The van der Waals surface area contributed by atoms with Crippen molar-refractivity contribution in [2.75, 3.05) is 5.75 Å². The molecule has 0 spiro atoms. The molecule has 0 N–H and O–H groups in total. The minimum Gasteiger partial charge on any atom is -0.259 e. The second kappa shape index (κ2) is 5.53. The summed E-state index contributed by atoms with van der Waals surface area (Å²) < 4.78 is 11.4. The zero-order valence-corrected chi connectivity index (χ0v) is 8.65. The molecule has 2 unspecified atom stereocenters. The van der Waals surface area contributed by atoms with E-state index < -0.39 is 10.8 Å². The van der Waals surface area contributed by atoms with Gasteiger partial charge in [0.2, 0.25) is 0 Å². The summed E-state index contributed by atoms with van der Waals surface area (Å²) in [6.07, 6.45) is 3.92. The highest BCUT2D eigenvalue weighted by atomic mass is 32.2. The van der Waals surface area contributed by atoms with Gasteiger partial charge in [0.1, 0.15) is 0 Å². The normalized spacial score (nSPS) is 17.5. The molecule has 0 aromatic heterocycles. The lowest BCUT2D eigenvalue weighted by Crippen LogP contribution is -2.19. The Kier molecular flexibility index (Phi) is 5.47. The summed E-state index contributed by atoms with van der Waals surface area (Å²) in [5, 5.41) is 0.311. The maximum absolute atomic E-state index is 11.4. The van der Waals surface area contributed by atoms with Crippen LogP contribution < -0.4 is 0 Å². The smallest absolute Gasteiger partial charge is 0.0418 e. The lowest BCUT2D eigenvalue weighted by atomic mass is 10.2. The van der Waals surface area contributed by atoms with E-state index in [0.29, 0.717) is 16.9 Å². The molecule has 0 aromatic rings. The Labute approximate surface area is 72.3 Å². The molecule has 0 saturated carbocycles. The van der Waals surface area contributed by atoms with Crippen LogP contribution in [0.4, 0.5) is 0 Å². The predicted octanol–water partition coefficient (Wildman–Crippen LogP) is 2.36. The monoisotopic (exact) mass is 174 g/mol. The van der Waals surface area contributed by atoms with Crippen molar-refractivity contribution in [2.45, 2.75) is 32.9 Å². The number of rotatable bonds is 4. The van der Waals surface area contributed by atoms with E-state index in [9.17, 15) is 4.21 Å². The van der Waals surface area contributed by atoms with Gasteiger partial charge in [0.15, 0.2) is 0 Å². The van der Waals surface area contributed by atoms with Crippen LogP contribution in [0.5, 0.6) is 0 Å². The third-order valence-corrected chi connectivity index (χ3v) is 3.74. The third-order valence-electron chi connectivity index (χ3n) is 1.85. The largest absolute Gasteiger partial charge is 0.259 e. The molecule has 0 aliphatic heterocycles. The van der Waals surface area contributed by atoms with Gasteiger partial charge in [-0.15, -0.1) is 0 Å². The summed E-state index contributed by atoms with van der Waals surface area (Å²) in [5.41, 5.74) is 0. The highest BCUT2D eigenvalue weighted by Gasteiger charge is 2.12.